The van der Waals surface area contributed by atoms with Gasteiger partial charge in [0.15, 0.2) is 0 Å². The summed E-state index contributed by atoms with van der Waals surface area (Å²) in [7, 11) is -3.61. The van der Waals surface area contributed by atoms with Crippen LogP contribution in [0.15, 0.2) is 29.2 Å². The Morgan fingerprint density at radius 1 is 1.24 bits per heavy atom. The Kier molecular flexibility index (Phi) is 4.90. The first-order chi connectivity index (χ1) is 11.9. The molecule has 1 saturated heterocycles. The smallest absolute Gasteiger partial charge is 0.246 e. The molecule has 0 radical (unpaired) electrons. The highest BCUT2D eigenvalue weighted by Gasteiger charge is 2.32. The first-order valence-corrected chi connectivity index (χ1v) is 9.49. The first-order valence-electron chi connectivity index (χ1n) is 8.05. The summed E-state index contributed by atoms with van der Waals surface area (Å²) < 4.78 is 34.3. The molecule has 25 heavy (non-hydrogen) atoms. The second kappa shape index (κ2) is 6.96. The Bertz CT molecular complexity index is 922. The molecule has 1 aliphatic rings. The van der Waals surface area contributed by atoms with Crippen LogP contribution in [0.25, 0.3) is 0 Å². The van der Waals surface area contributed by atoms with Crippen LogP contribution in [0, 0.1) is 25.2 Å². The van der Waals surface area contributed by atoms with Gasteiger partial charge in [0.25, 0.3) is 0 Å². The number of nitrogens with zero attached hydrogens (tertiary/aromatic N) is 4. The Morgan fingerprint density at radius 3 is 2.60 bits per heavy atom. The lowest BCUT2D eigenvalue weighted by atomic mass is 10.1. The summed E-state index contributed by atoms with van der Waals surface area (Å²) in [5.41, 5.74) is 2.42. The van der Waals surface area contributed by atoms with Gasteiger partial charge in [-0.3, -0.25) is 4.68 Å². The number of hydrogen-bond donors (Lipinski definition) is 0. The van der Waals surface area contributed by atoms with Crippen molar-refractivity contribution in [3.8, 4) is 6.07 Å². The van der Waals surface area contributed by atoms with E-state index in [1.54, 1.807) is 30.7 Å². The van der Waals surface area contributed by atoms with E-state index in [9.17, 15) is 13.7 Å². The third kappa shape index (κ3) is 3.31. The Labute approximate surface area is 147 Å². The second-order valence-electron chi connectivity index (χ2n) is 5.94. The summed E-state index contributed by atoms with van der Waals surface area (Å²) in [6, 6.07) is 9.41. The molecular weight excluding hydrogens is 340 g/mol. The van der Waals surface area contributed by atoms with Gasteiger partial charge in [0.2, 0.25) is 10.0 Å². The molecule has 0 spiro atoms. The molecule has 3 rings (SSSR count). The number of hydrogen-bond acceptors (Lipinski definition) is 5. The van der Waals surface area contributed by atoms with Crippen LogP contribution >= 0.6 is 0 Å². The van der Waals surface area contributed by atoms with Crippen LogP contribution in [-0.2, 0) is 21.3 Å². The number of ether oxygens (including phenoxy) is 1. The Morgan fingerprint density at radius 2 is 1.92 bits per heavy atom. The number of morpholine rings is 1. The average Bonchev–Trinajstić information content (AvgIpc) is 2.90. The highest BCUT2D eigenvalue weighted by molar-refractivity contribution is 7.89. The predicted octanol–water partition coefficient (Wildman–Crippen LogP) is 1.44. The molecule has 8 heteroatoms. The number of nitriles is 1. The van der Waals surface area contributed by atoms with Crippen LogP contribution in [0.5, 0.6) is 0 Å². The van der Waals surface area contributed by atoms with Crippen molar-refractivity contribution in [2.24, 2.45) is 0 Å². The summed E-state index contributed by atoms with van der Waals surface area (Å²) in [5.74, 6) is 0. The summed E-state index contributed by atoms with van der Waals surface area (Å²) in [4.78, 5) is 0.254. The zero-order valence-electron chi connectivity index (χ0n) is 14.3. The lowest BCUT2D eigenvalue weighted by molar-refractivity contribution is 0.0730. The number of aryl methyl sites for hydroxylation is 1. The minimum Gasteiger partial charge on any atom is -0.379 e. The number of sulfonamides is 1. The van der Waals surface area contributed by atoms with E-state index in [0.29, 0.717) is 49.8 Å². The monoisotopic (exact) mass is 360 g/mol. The van der Waals surface area contributed by atoms with Crippen molar-refractivity contribution in [1.82, 2.24) is 14.1 Å². The van der Waals surface area contributed by atoms with Gasteiger partial charge in [-0.15, -0.1) is 0 Å². The number of rotatable bonds is 4. The van der Waals surface area contributed by atoms with E-state index in [4.69, 9.17) is 4.74 Å². The topological polar surface area (TPSA) is 88.2 Å². The third-order valence-electron chi connectivity index (χ3n) is 4.34. The summed E-state index contributed by atoms with van der Waals surface area (Å²) in [6.45, 7) is 5.32. The molecule has 1 aromatic heterocycles. The van der Waals surface area contributed by atoms with Crippen molar-refractivity contribution >= 4 is 10.0 Å². The quantitative estimate of drug-likeness (QED) is 0.823. The maximum absolute atomic E-state index is 13.0. The zero-order chi connectivity index (χ0) is 18.0. The van der Waals surface area contributed by atoms with Gasteiger partial charge < -0.3 is 4.74 Å². The van der Waals surface area contributed by atoms with Crippen LogP contribution in [-0.4, -0.2) is 48.8 Å². The number of benzene rings is 1. The SMILES string of the molecule is Cc1nn(Cc2ccccc2C#N)c(C)c1S(=O)(=O)N1CCOCC1. The lowest BCUT2D eigenvalue weighted by Gasteiger charge is -2.26. The van der Waals surface area contributed by atoms with Gasteiger partial charge >= 0.3 is 0 Å². The third-order valence-corrected chi connectivity index (χ3v) is 6.49. The van der Waals surface area contributed by atoms with E-state index in [-0.39, 0.29) is 4.90 Å². The van der Waals surface area contributed by atoms with Crippen LogP contribution in [0.2, 0.25) is 0 Å². The number of aromatic nitrogens is 2. The molecule has 132 valence electrons. The maximum Gasteiger partial charge on any atom is 0.246 e. The molecule has 2 aromatic rings. The molecule has 0 unspecified atom stereocenters. The molecule has 0 bridgehead atoms. The maximum atomic E-state index is 13.0. The minimum atomic E-state index is -3.61. The predicted molar refractivity (Wildman–Crippen MR) is 91.5 cm³/mol. The summed E-state index contributed by atoms with van der Waals surface area (Å²) >= 11 is 0. The van der Waals surface area contributed by atoms with Crippen LogP contribution < -0.4 is 0 Å². The normalized spacial score (nSPS) is 15.9. The molecule has 1 fully saturated rings. The molecule has 1 aromatic carbocycles. The Balaban J connectivity index is 1.97. The zero-order valence-corrected chi connectivity index (χ0v) is 15.1. The molecule has 0 N–H and O–H groups in total. The minimum absolute atomic E-state index is 0.254. The van der Waals surface area contributed by atoms with Gasteiger partial charge in [-0.05, 0) is 25.5 Å². The van der Waals surface area contributed by atoms with Crippen molar-refractivity contribution in [1.29, 1.82) is 5.26 Å². The second-order valence-corrected chi connectivity index (χ2v) is 7.82. The van der Waals surface area contributed by atoms with Crippen molar-refractivity contribution in [3.63, 3.8) is 0 Å². The highest BCUT2D eigenvalue weighted by atomic mass is 32.2. The van der Waals surface area contributed by atoms with Gasteiger partial charge in [0.1, 0.15) is 4.90 Å². The Hall–Kier alpha value is -2.21. The standard InChI is InChI=1S/C17H20N4O3S/c1-13-17(25(22,23)20-7-9-24-10-8-20)14(2)21(19-13)12-16-6-4-3-5-15(16)11-18/h3-6H,7-10,12H2,1-2H3. The summed E-state index contributed by atoms with van der Waals surface area (Å²) in [6.07, 6.45) is 0. The van der Waals surface area contributed by atoms with E-state index >= 15 is 0 Å². The van der Waals surface area contributed by atoms with E-state index in [1.807, 2.05) is 12.1 Å². The van der Waals surface area contributed by atoms with Crippen molar-refractivity contribution < 1.29 is 13.2 Å². The fourth-order valence-corrected chi connectivity index (χ4v) is 4.83. The lowest BCUT2D eigenvalue weighted by Crippen LogP contribution is -2.41. The van der Waals surface area contributed by atoms with Crippen LogP contribution in [0.1, 0.15) is 22.5 Å². The van der Waals surface area contributed by atoms with Gasteiger partial charge in [-0.25, -0.2) is 8.42 Å². The first kappa shape index (κ1) is 17.6. The fraction of sp³-hybridized carbons (Fsp3) is 0.412. The van der Waals surface area contributed by atoms with Gasteiger partial charge in [0.05, 0.1) is 42.8 Å². The van der Waals surface area contributed by atoms with E-state index < -0.39 is 10.0 Å². The van der Waals surface area contributed by atoms with E-state index in [1.165, 1.54) is 4.31 Å². The molecular formula is C17H20N4O3S. The van der Waals surface area contributed by atoms with E-state index in [0.717, 1.165) is 5.56 Å². The molecule has 0 aliphatic carbocycles. The fourth-order valence-electron chi connectivity index (χ4n) is 3.05. The molecule has 0 amide bonds. The molecule has 7 nitrogen and oxygen atoms in total. The van der Waals surface area contributed by atoms with Gasteiger partial charge in [0, 0.05) is 13.1 Å². The average molecular weight is 360 g/mol. The van der Waals surface area contributed by atoms with E-state index in [2.05, 4.69) is 11.2 Å². The van der Waals surface area contributed by atoms with Crippen LogP contribution in [0.4, 0.5) is 0 Å². The van der Waals surface area contributed by atoms with Crippen molar-refractivity contribution in [2.45, 2.75) is 25.3 Å². The van der Waals surface area contributed by atoms with Crippen molar-refractivity contribution in [3.05, 3.63) is 46.8 Å². The molecule has 1 aliphatic heterocycles. The summed E-state index contributed by atoms with van der Waals surface area (Å²) in [5, 5.41) is 13.6. The molecule has 2 heterocycles. The van der Waals surface area contributed by atoms with Gasteiger partial charge in [-0.1, -0.05) is 18.2 Å². The van der Waals surface area contributed by atoms with Crippen molar-refractivity contribution in [2.75, 3.05) is 26.3 Å². The highest BCUT2D eigenvalue weighted by Crippen LogP contribution is 2.25. The molecule has 0 saturated carbocycles. The van der Waals surface area contributed by atoms with Gasteiger partial charge in [-0.2, -0.15) is 14.7 Å². The van der Waals surface area contributed by atoms with Crippen LogP contribution in [0.3, 0.4) is 0 Å². The largest absolute Gasteiger partial charge is 0.379 e. The molecule has 0 atom stereocenters.